The molecule has 22 heavy (non-hydrogen) atoms. The van der Waals surface area contributed by atoms with E-state index in [1.165, 1.54) is 0 Å². The van der Waals surface area contributed by atoms with E-state index in [2.05, 4.69) is 6.58 Å². The number of benzene rings is 1. The largest absolute Gasteiger partial charge is 0.509 e. The molecule has 0 saturated heterocycles. The molecule has 1 unspecified atom stereocenters. The molecule has 0 aliphatic rings. The zero-order chi connectivity index (χ0) is 16.8. The Balaban J connectivity index is 2.95. The van der Waals surface area contributed by atoms with Crippen LogP contribution in [0.25, 0.3) is 0 Å². The van der Waals surface area contributed by atoms with Gasteiger partial charge >= 0.3 is 12.1 Å². The summed E-state index contributed by atoms with van der Waals surface area (Å²) in [6.45, 7) is 10.8. The first-order valence-electron chi connectivity index (χ1n) is 7.05. The van der Waals surface area contributed by atoms with E-state index in [0.717, 1.165) is 0 Å². The average Bonchev–Trinajstić information content (AvgIpc) is 2.43. The highest BCUT2D eigenvalue weighted by molar-refractivity contribution is 5.89. The van der Waals surface area contributed by atoms with Gasteiger partial charge < -0.3 is 14.2 Å². The Labute approximate surface area is 130 Å². The molecular formula is C17H22O5. The van der Waals surface area contributed by atoms with E-state index < -0.39 is 23.8 Å². The first-order chi connectivity index (χ1) is 10.2. The van der Waals surface area contributed by atoms with Crippen LogP contribution in [0, 0.1) is 0 Å². The number of hydrogen-bond acceptors (Lipinski definition) is 5. The fourth-order valence-corrected chi connectivity index (χ4v) is 1.67. The van der Waals surface area contributed by atoms with Gasteiger partial charge in [0, 0.05) is 0 Å². The van der Waals surface area contributed by atoms with Crippen LogP contribution in [0.3, 0.4) is 0 Å². The van der Waals surface area contributed by atoms with Gasteiger partial charge in [-0.2, -0.15) is 0 Å². The summed E-state index contributed by atoms with van der Waals surface area (Å²) < 4.78 is 15.3. The van der Waals surface area contributed by atoms with Crippen LogP contribution in [0.5, 0.6) is 0 Å². The molecule has 1 aromatic carbocycles. The zero-order valence-electron chi connectivity index (χ0n) is 13.4. The summed E-state index contributed by atoms with van der Waals surface area (Å²) in [4.78, 5) is 23.8. The van der Waals surface area contributed by atoms with E-state index in [-0.39, 0.29) is 12.2 Å². The van der Waals surface area contributed by atoms with Crippen molar-refractivity contribution in [2.45, 2.75) is 39.4 Å². The molecule has 5 nitrogen and oxygen atoms in total. The van der Waals surface area contributed by atoms with Gasteiger partial charge in [0.25, 0.3) is 0 Å². The van der Waals surface area contributed by atoms with E-state index in [4.69, 9.17) is 14.2 Å². The molecule has 0 spiro atoms. The molecule has 1 aromatic rings. The first-order valence-corrected chi connectivity index (χ1v) is 7.05. The SMILES string of the molecule is C=C(C(=O)OCC)C(OC(=O)OC(C)(C)C)c1ccccc1. The molecule has 0 aromatic heterocycles. The number of carbonyl (C=O) groups is 2. The Morgan fingerprint density at radius 2 is 1.77 bits per heavy atom. The molecule has 1 atom stereocenters. The van der Waals surface area contributed by atoms with Gasteiger partial charge in [0.15, 0.2) is 6.10 Å². The fraction of sp³-hybridized carbons (Fsp3) is 0.412. The van der Waals surface area contributed by atoms with Gasteiger partial charge in [-0.25, -0.2) is 9.59 Å². The third-order valence-corrected chi connectivity index (χ3v) is 2.56. The van der Waals surface area contributed by atoms with Gasteiger partial charge in [0.05, 0.1) is 12.2 Å². The lowest BCUT2D eigenvalue weighted by atomic mass is 10.0. The third-order valence-electron chi connectivity index (χ3n) is 2.56. The smallest absolute Gasteiger partial charge is 0.463 e. The van der Waals surface area contributed by atoms with Crippen molar-refractivity contribution >= 4 is 12.1 Å². The molecule has 5 heteroatoms. The predicted molar refractivity (Wildman–Crippen MR) is 82.3 cm³/mol. The summed E-state index contributed by atoms with van der Waals surface area (Å²) in [7, 11) is 0. The van der Waals surface area contributed by atoms with Crippen LogP contribution >= 0.6 is 0 Å². The van der Waals surface area contributed by atoms with E-state index in [1.807, 2.05) is 6.07 Å². The Morgan fingerprint density at radius 1 is 1.18 bits per heavy atom. The molecule has 0 bridgehead atoms. The molecule has 0 N–H and O–H groups in total. The molecule has 120 valence electrons. The van der Waals surface area contributed by atoms with Crippen molar-refractivity contribution in [3.63, 3.8) is 0 Å². The number of hydrogen-bond donors (Lipinski definition) is 0. The van der Waals surface area contributed by atoms with Crippen LogP contribution in [-0.2, 0) is 19.0 Å². The summed E-state index contributed by atoms with van der Waals surface area (Å²) >= 11 is 0. The third kappa shape index (κ3) is 5.60. The van der Waals surface area contributed by atoms with Crippen molar-refractivity contribution in [2.75, 3.05) is 6.61 Å². The normalized spacial score (nSPS) is 12.2. The molecule has 0 fully saturated rings. The highest BCUT2D eigenvalue weighted by atomic mass is 16.7. The molecule has 0 amide bonds. The second-order valence-corrected chi connectivity index (χ2v) is 5.62. The van der Waals surface area contributed by atoms with Crippen LogP contribution in [0.2, 0.25) is 0 Å². The van der Waals surface area contributed by atoms with E-state index >= 15 is 0 Å². The highest BCUT2D eigenvalue weighted by Gasteiger charge is 2.28. The maximum absolute atomic E-state index is 11.9. The Bertz CT molecular complexity index is 528. The molecule has 0 aliphatic heterocycles. The molecule has 1 rings (SSSR count). The van der Waals surface area contributed by atoms with Gasteiger partial charge in [-0.1, -0.05) is 36.9 Å². The number of rotatable bonds is 5. The van der Waals surface area contributed by atoms with E-state index in [0.29, 0.717) is 5.56 Å². The minimum atomic E-state index is -0.949. The first kappa shape index (κ1) is 17.8. The second-order valence-electron chi connectivity index (χ2n) is 5.62. The standard InChI is InChI=1S/C17H22O5/c1-6-20-15(18)12(2)14(13-10-8-7-9-11-13)21-16(19)22-17(3,4)5/h7-11,14H,2,6H2,1,3-5H3. The van der Waals surface area contributed by atoms with Gasteiger partial charge in [0.1, 0.15) is 5.60 Å². The quantitative estimate of drug-likeness (QED) is 0.611. The molecule has 0 aliphatic carbocycles. The summed E-state index contributed by atoms with van der Waals surface area (Å²) in [5.74, 6) is -0.611. The van der Waals surface area contributed by atoms with E-state index in [9.17, 15) is 9.59 Å². The fourth-order valence-electron chi connectivity index (χ4n) is 1.67. The summed E-state index contributed by atoms with van der Waals surface area (Å²) in [6, 6.07) is 8.85. The van der Waals surface area contributed by atoms with E-state index in [1.54, 1.807) is 52.0 Å². The van der Waals surface area contributed by atoms with Crippen molar-refractivity contribution in [3.8, 4) is 0 Å². The van der Waals surface area contributed by atoms with Crippen molar-refractivity contribution in [2.24, 2.45) is 0 Å². The Morgan fingerprint density at radius 3 is 2.27 bits per heavy atom. The monoisotopic (exact) mass is 306 g/mol. The van der Waals surface area contributed by atoms with Gasteiger partial charge in [-0.05, 0) is 33.3 Å². The summed E-state index contributed by atoms with van der Waals surface area (Å²) in [5, 5.41) is 0. The minimum absolute atomic E-state index is 0.0407. The van der Waals surface area contributed by atoms with Crippen molar-refractivity contribution < 1.29 is 23.8 Å². The lowest BCUT2D eigenvalue weighted by Crippen LogP contribution is -2.27. The maximum Gasteiger partial charge on any atom is 0.509 e. The number of esters is 1. The van der Waals surface area contributed by atoms with Crippen LogP contribution in [-0.4, -0.2) is 24.3 Å². The molecule has 0 saturated carbocycles. The Hall–Kier alpha value is -2.30. The predicted octanol–water partition coefficient (Wildman–Crippen LogP) is 3.80. The second kappa shape index (κ2) is 7.64. The van der Waals surface area contributed by atoms with Crippen molar-refractivity contribution in [1.82, 2.24) is 0 Å². The van der Waals surface area contributed by atoms with Gasteiger partial charge in [-0.3, -0.25) is 0 Å². The maximum atomic E-state index is 11.9. The minimum Gasteiger partial charge on any atom is -0.463 e. The summed E-state index contributed by atoms with van der Waals surface area (Å²) in [6.07, 6.45) is -1.82. The van der Waals surface area contributed by atoms with Crippen LogP contribution in [0.15, 0.2) is 42.5 Å². The summed E-state index contributed by atoms with van der Waals surface area (Å²) in [5.41, 5.74) is -0.0332. The Kier molecular flexibility index (Phi) is 6.16. The lowest BCUT2D eigenvalue weighted by molar-refractivity contribution is -0.139. The van der Waals surface area contributed by atoms with Crippen molar-refractivity contribution in [1.29, 1.82) is 0 Å². The topological polar surface area (TPSA) is 61.8 Å². The zero-order valence-corrected chi connectivity index (χ0v) is 13.4. The van der Waals surface area contributed by atoms with Crippen LogP contribution in [0.1, 0.15) is 39.4 Å². The number of carbonyl (C=O) groups excluding carboxylic acids is 2. The molecule has 0 radical (unpaired) electrons. The highest BCUT2D eigenvalue weighted by Crippen LogP contribution is 2.27. The van der Waals surface area contributed by atoms with Crippen LogP contribution < -0.4 is 0 Å². The van der Waals surface area contributed by atoms with Crippen LogP contribution in [0.4, 0.5) is 4.79 Å². The number of ether oxygens (including phenoxy) is 3. The van der Waals surface area contributed by atoms with Gasteiger partial charge in [-0.15, -0.1) is 0 Å². The average molecular weight is 306 g/mol. The van der Waals surface area contributed by atoms with Crippen molar-refractivity contribution in [3.05, 3.63) is 48.0 Å². The molecule has 0 heterocycles. The lowest BCUT2D eigenvalue weighted by Gasteiger charge is -2.23. The molecular weight excluding hydrogens is 284 g/mol. The van der Waals surface area contributed by atoms with Gasteiger partial charge in [0.2, 0.25) is 0 Å².